The molecule has 16 heteroatoms. The van der Waals surface area contributed by atoms with Crippen molar-refractivity contribution in [3.05, 3.63) is 82.4 Å². The zero-order chi connectivity index (χ0) is 31.8. The molecule has 4 aromatic rings. The molecule has 1 aliphatic rings. The van der Waals surface area contributed by atoms with Crippen molar-refractivity contribution in [1.29, 1.82) is 0 Å². The van der Waals surface area contributed by atoms with Gasteiger partial charge in [0.05, 0.1) is 22.5 Å². The molecule has 3 heterocycles. The molecule has 2 N–H and O–H groups in total. The van der Waals surface area contributed by atoms with Gasteiger partial charge in [0, 0.05) is 25.7 Å². The van der Waals surface area contributed by atoms with Gasteiger partial charge in [0.2, 0.25) is 5.91 Å². The molecule has 44 heavy (non-hydrogen) atoms. The van der Waals surface area contributed by atoms with Crippen LogP contribution in [-0.2, 0) is 21.0 Å². The number of hydrogen-bond donors (Lipinski definition) is 2. The molecular weight excluding hydrogens is 628 g/mol. The summed E-state index contributed by atoms with van der Waals surface area (Å²) in [6.07, 6.45) is -1.69. The number of nitrogens with one attached hydrogen (secondary N) is 2. The van der Waals surface area contributed by atoms with E-state index in [0.29, 0.717) is 25.9 Å². The van der Waals surface area contributed by atoms with Crippen molar-refractivity contribution in [3.8, 4) is 0 Å². The van der Waals surface area contributed by atoms with Crippen LogP contribution >= 0.6 is 11.6 Å². The van der Waals surface area contributed by atoms with E-state index in [-0.39, 0.29) is 45.9 Å². The summed E-state index contributed by atoms with van der Waals surface area (Å²) in [6.45, 7) is 2.08. The van der Waals surface area contributed by atoms with E-state index < -0.39 is 38.5 Å². The monoisotopic (exact) mass is 652 g/mol. The Morgan fingerprint density at radius 1 is 1.07 bits per heavy atom. The number of carbonyl (C=O) groups excluding carboxylic acids is 2. The third-order valence-corrected chi connectivity index (χ3v) is 8.95. The second-order valence-electron chi connectivity index (χ2n) is 10.1. The Kier molecular flexibility index (Phi) is 8.53. The third-order valence-electron chi connectivity index (χ3n) is 7.25. The molecule has 0 radical (unpaired) electrons. The minimum Gasteiger partial charge on any atom is -0.338 e. The van der Waals surface area contributed by atoms with Gasteiger partial charge in [0.25, 0.3) is 15.9 Å². The van der Waals surface area contributed by atoms with Gasteiger partial charge in [-0.15, -0.1) is 0 Å². The smallest absolute Gasteiger partial charge is 0.338 e. The number of nitrogens with zero attached hydrogens (tertiary/aromatic N) is 4. The van der Waals surface area contributed by atoms with Gasteiger partial charge in [-0.3, -0.25) is 9.59 Å². The van der Waals surface area contributed by atoms with Crippen molar-refractivity contribution >= 4 is 50.6 Å². The quantitative estimate of drug-likeness (QED) is 0.252. The topological polar surface area (TPSA) is 126 Å². The number of sulfonamides is 1. The number of anilines is 2. The van der Waals surface area contributed by atoms with Crippen LogP contribution in [0.25, 0.3) is 5.65 Å². The lowest BCUT2D eigenvalue weighted by atomic mass is 9.89. The summed E-state index contributed by atoms with van der Waals surface area (Å²) in [5, 5.41) is 6.68. The summed E-state index contributed by atoms with van der Waals surface area (Å²) in [5.74, 6) is -1.78. The number of likely N-dealkylation sites (tertiary alicyclic amines) is 1. The van der Waals surface area contributed by atoms with Gasteiger partial charge < -0.3 is 10.2 Å². The number of piperidine rings is 1. The van der Waals surface area contributed by atoms with Crippen LogP contribution in [0.2, 0.25) is 5.02 Å². The molecule has 1 saturated heterocycles. The number of benzene rings is 2. The van der Waals surface area contributed by atoms with Gasteiger partial charge in [-0.25, -0.2) is 22.5 Å². The van der Waals surface area contributed by atoms with Crippen molar-refractivity contribution in [2.75, 3.05) is 18.4 Å². The van der Waals surface area contributed by atoms with Gasteiger partial charge in [-0.05, 0) is 54.7 Å². The summed E-state index contributed by atoms with van der Waals surface area (Å²) in [6, 6.07) is 8.71. The molecule has 1 fully saturated rings. The number of carbonyl (C=O) groups is 2. The minimum atomic E-state index is -4.70. The Bertz CT molecular complexity index is 1840. The van der Waals surface area contributed by atoms with E-state index in [4.69, 9.17) is 11.6 Å². The summed E-state index contributed by atoms with van der Waals surface area (Å²) in [5.41, 5.74) is -0.716. The summed E-state index contributed by atoms with van der Waals surface area (Å²) in [7, 11) is -4.43. The first-order valence-electron chi connectivity index (χ1n) is 13.4. The maximum absolute atomic E-state index is 13.8. The van der Waals surface area contributed by atoms with Gasteiger partial charge in [0.15, 0.2) is 10.5 Å². The van der Waals surface area contributed by atoms with Gasteiger partial charge >= 0.3 is 6.18 Å². The van der Waals surface area contributed by atoms with Crippen molar-refractivity contribution in [2.24, 2.45) is 0 Å². The predicted molar refractivity (Wildman–Crippen MR) is 153 cm³/mol. The highest BCUT2D eigenvalue weighted by atomic mass is 35.5. The van der Waals surface area contributed by atoms with Gasteiger partial charge in [-0.1, -0.05) is 30.7 Å². The van der Waals surface area contributed by atoms with E-state index in [1.807, 2.05) is 4.72 Å². The molecule has 1 aliphatic heterocycles. The first kappa shape index (κ1) is 31.2. The maximum atomic E-state index is 13.8. The van der Waals surface area contributed by atoms with E-state index in [1.54, 1.807) is 12.1 Å². The molecule has 0 saturated carbocycles. The minimum absolute atomic E-state index is 0.0824. The molecule has 0 bridgehead atoms. The average Bonchev–Trinajstić information content (AvgIpc) is 3.43. The van der Waals surface area contributed by atoms with E-state index in [9.17, 15) is 35.6 Å². The van der Waals surface area contributed by atoms with Crippen molar-refractivity contribution in [2.45, 2.75) is 43.2 Å². The largest absolute Gasteiger partial charge is 0.416 e. The molecule has 0 aliphatic carbocycles. The molecule has 2 aromatic carbocycles. The number of amides is 2. The Hall–Kier alpha value is -4.24. The van der Waals surface area contributed by atoms with Crippen molar-refractivity contribution in [1.82, 2.24) is 24.2 Å². The van der Waals surface area contributed by atoms with Gasteiger partial charge in [-0.2, -0.15) is 22.8 Å². The lowest BCUT2D eigenvalue weighted by Crippen LogP contribution is -2.38. The lowest BCUT2D eigenvalue weighted by Gasteiger charge is -2.32. The number of hydrogen-bond acceptors (Lipinski definition) is 7. The molecule has 232 valence electrons. The zero-order valence-electron chi connectivity index (χ0n) is 23.0. The fourth-order valence-electron chi connectivity index (χ4n) is 4.90. The number of fused-ring (bicyclic) bond motifs is 1. The van der Waals surface area contributed by atoms with Crippen LogP contribution in [0.15, 0.2) is 59.8 Å². The highest BCUT2D eigenvalue weighted by Gasteiger charge is 2.33. The third kappa shape index (κ3) is 6.33. The SMILES string of the molecule is CCC(=O)NS(=O)(=O)c1cnn2c(Nc3cc(C(F)(F)F)ccc3Cl)c(C(=O)N3CCC(c4ccc(F)cc4)CC3)cnc12. The molecule has 0 atom stereocenters. The molecule has 10 nitrogen and oxygen atoms in total. The number of halogens is 5. The van der Waals surface area contributed by atoms with E-state index in [1.165, 1.54) is 24.0 Å². The molecule has 0 spiro atoms. The Balaban J connectivity index is 1.54. The summed E-state index contributed by atoms with van der Waals surface area (Å²) in [4.78, 5) is 30.8. The van der Waals surface area contributed by atoms with Crippen LogP contribution in [0.4, 0.5) is 29.1 Å². The molecule has 2 aromatic heterocycles. The van der Waals surface area contributed by atoms with Crippen LogP contribution in [0.1, 0.15) is 53.6 Å². The molecule has 2 amide bonds. The maximum Gasteiger partial charge on any atom is 0.416 e. The van der Waals surface area contributed by atoms with E-state index in [2.05, 4.69) is 15.4 Å². The molecule has 5 rings (SSSR count). The Morgan fingerprint density at radius 2 is 1.75 bits per heavy atom. The zero-order valence-corrected chi connectivity index (χ0v) is 24.6. The first-order chi connectivity index (χ1) is 20.8. The van der Waals surface area contributed by atoms with Crippen LogP contribution in [0, 0.1) is 5.82 Å². The highest BCUT2D eigenvalue weighted by molar-refractivity contribution is 7.90. The summed E-state index contributed by atoms with van der Waals surface area (Å²) < 4.78 is 82.5. The number of aromatic nitrogens is 3. The van der Waals surface area contributed by atoms with Crippen molar-refractivity contribution < 1.29 is 35.6 Å². The second kappa shape index (κ2) is 12.0. The highest BCUT2D eigenvalue weighted by Crippen LogP contribution is 2.36. The number of rotatable bonds is 7. The fourth-order valence-corrected chi connectivity index (χ4v) is 6.18. The standard InChI is InChI=1S/C28H25ClF4N6O4S/c1-2-24(40)37-44(42,43)23-15-35-39-25(36-22-13-18(28(31,32)33)5-8-21(22)29)20(14-34-26(23)39)27(41)38-11-9-17(10-12-38)16-3-6-19(30)7-4-16/h3-8,13-15,17,36H,2,9-12H2,1H3,(H,37,40). The van der Waals surface area contributed by atoms with Crippen LogP contribution in [0.5, 0.6) is 0 Å². The number of alkyl halides is 3. The Morgan fingerprint density at radius 3 is 2.39 bits per heavy atom. The molecule has 0 unspecified atom stereocenters. The fraction of sp³-hybridized carbons (Fsp3) is 0.286. The average molecular weight is 653 g/mol. The predicted octanol–water partition coefficient (Wildman–Crippen LogP) is 5.52. The van der Waals surface area contributed by atoms with Gasteiger partial charge in [0.1, 0.15) is 17.2 Å². The van der Waals surface area contributed by atoms with Crippen LogP contribution in [0.3, 0.4) is 0 Å². The van der Waals surface area contributed by atoms with Crippen LogP contribution in [-0.4, -0.2) is 52.8 Å². The summed E-state index contributed by atoms with van der Waals surface area (Å²) >= 11 is 6.23. The van der Waals surface area contributed by atoms with E-state index in [0.717, 1.165) is 40.7 Å². The first-order valence-corrected chi connectivity index (χ1v) is 15.3. The van der Waals surface area contributed by atoms with E-state index >= 15 is 0 Å². The van der Waals surface area contributed by atoms with Crippen molar-refractivity contribution in [3.63, 3.8) is 0 Å². The lowest BCUT2D eigenvalue weighted by molar-refractivity contribution is -0.137. The Labute approximate surface area is 254 Å². The second-order valence-corrected chi connectivity index (χ2v) is 12.1. The molecular formula is C28H25ClF4N6O4S. The normalized spacial score (nSPS) is 14.5. The van der Waals surface area contributed by atoms with Crippen LogP contribution < -0.4 is 10.0 Å².